The van der Waals surface area contributed by atoms with Crippen molar-refractivity contribution in [1.82, 2.24) is 4.90 Å². The number of likely N-dealkylation sites (N-methyl/N-ethyl adjacent to an activating group) is 1. The normalized spacial score (nSPS) is 12.9. The number of hydrogen-bond acceptors (Lipinski definition) is 3. The number of halogens is 2. The zero-order valence-corrected chi connectivity index (χ0v) is 11.4. The Balaban J connectivity index is 2.21. The van der Waals surface area contributed by atoms with Gasteiger partial charge < -0.3 is 10.2 Å². The summed E-state index contributed by atoms with van der Waals surface area (Å²) in [4.78, 5) is 1.94. The predicted molar refractivity (Wildman–Crippen MR) is 73.4 cm³/mol. The van der Waals surface area contributed by atoms with Gasteiger partial charge >= 0.3 is 0 Å². The molecule has 1 aromatic carbocycles. The lowest BCUT2D eigenvalue weighted by atomic mass is 10.0. The lowest BCUT2D eigenvalue weighted by Gasteiger charge is -2.27. The van der Waals surface area contributed by atoms with Crippen LogP contribution in [0.3, 0.4) is 0 Å². The Morgan fingerprint density at radius 3 is 2.79 bits per heavy atom. The van der Waals surface area contributed by atoms with E-state index in [-0.39, 0.29) is 11.1 Å². The van der Waals surface area contributed by atoms with E-state index in [0.29, 0.717) is 18.7 Å². The molecular weight excluding hydrogens is 267 g/mol. The molecule has 2 N–H and O–H groups in total. The number of benzene rings is 1. The molecule has 5 heteroatoms. The molecule has 19 heavy (non-hydrogen) atoms. The zero-order chi connectivity index (χ0) is 13.8. The van der Waals surface area contributed by atoms with Gasteiger partial charge in [-0.1, -0.05) is 23.7 Å². The fourth-order valence-corrected chi connectivity index (χ4v) is 2.26. The molecule has 3 nitrogen and oxygen atoms in total. The van der Waals surface area contributed by atoms with Gasteiger partial charge in [0, 0.05) is 12.1 Å². The summed E-state index contributed by atoms with van der Waals surface area (Å²) < 4.78 is 19.3. The van der Waals surface area contributed by atoms with Crippen molar-refractivity contribution in [2.45, 2.75) is 12.6 Å². The lowest BCUT2D eigenvalue weighted by molar-refractivity contribution is 0.218. The zero-order valence-electron chi connectivity index (χ0n) is 10.6. The van der Waals surface area contributed by atoms with Crippen LogP contribution < -0.4 is 5.73 Å². The summed E-state index contributed by atoms with van der Waals surface area (Å²) in [6.45, 7) is 0.856. The van der Waals surface area contributed by atoms with E-state index in [4.69, 9.17) is 21.8 Å². The monoisotopic (exact) mass is 282 g/mol. The highest BCUT2D eigenvalue weighted by atomic mass is 35.5. The fraction of sp³-hybridized carbons (Fsp3) is 0.286. The maximum Gasteiger partial charge on any atom is 0.146 e. The van der Waals surface area contributed by atoms with E-state index in [9.17, 15) is 4.39 Å². The predicted octanol–water partition coefficient (Wildman–Crippen LogP) is 3.20. The van der Waals surface area contributed by atoms with Gasteiger partial charge in [-0.3, -0.25) is 4.90 Å². The molecule has 0 saturated carbocycles. The summed E-state index contributed by atoms with van der Waals surface area (Å²) in [6, 6.07) is 8.41. The van der Waals surface area contributed by atoms with Crippen LogP contribution in [0, 0.1) is 5.82 Å². The minimum absolute atomic E-state index is 0.113. The quantitative estimate of drug-likeness (QED) is 0.916. The molecule has 2 rings (SSSR count). The van der Waals surface area contributed by atoms with Gasteiger partial charge in [-0.05, 0) is 25.2 Å². The minimum atomic E-state index is -0.411. The van der Waals surface area contributed by atoms with Gasteiger partial charge in [-0.15, -0.1) is 0 Å². The van der Waals surface area contributed by atoms with E-state index >= 15 is 0 Å². The molecule has 1 heterocycles. The molecular formula is C14H16ClFN2O. The van der Waals surface area contributed by atoms with Gasteiger partial charge in [-0.2, -0.15) is 0 Å². The van der Waals surface area contributed by atoms with E-state index in [0.717, 1.165) is 5.76 Å². The summed E-state index contributed by atoms with van der Waals surface area (Å²) >= 11 is 5.81. The number of hydrogen-bond donors (Lipinski definition) is 1. The van der Waals surface area contributed by atoms with E-state index in [1.807, 2.05) is 24.1 Å². The van der Waals surface area contributed by atoms with E-state index in [1.165, 1.54) is 6.07 Å². The third-order valence-electron chi connectivity index (χ3n) is 3.08. The highest BCUT2D eigenvalue weighted by Gasteiger charge is 2.21. The van der Waals surface area contributed by atoms with E-state index < -0.39 is 5.82 Å². The van der Waals surface area contributed by atoms with Crippen LogP contribution in [-0.4, -0.2) is 18.5 Å². The van der Waals surface area contributed by atoms with Crippen LogP contribution in [0.25, 0.3) is 0 Å². The van der Waals surface area contributed by atoms with Crippen molar-refractivity contribution >= 4 is 11.6 Å². The van der Waals surface area contributed by atoms with E-state index in [2.05, 4.69) is 0 Å². The van der Waals surface area contributed by atoms with Crippen LogP contribution in [0.1, 0.15) is 17.4 Å². The first-order chi connectivity index (χ1) is 9.13. The number of rotatable bonds is 5. The Hall–Kier alpha value is -1.36. The molecule has 1 atom stereocenters. The molecule has 0 amide bonds. The largest absolute Gasteiger partial charge is 0.468 e. The Kier molecular flexibility index (Phi) is 4.58. The number of nitrogens with zero attached hydrogens (tertiary/aromatic N) is 1. The van der Waals surface area contributed by atoms with Crippen molar-refractivity contribution in [2.75, 3.05) is 13.6 Å². The molecule has 0 aliphatic heterocycles. The van der Waals surface area contributed by atoms with Crippen LogP contribution >= 0.6 is 11.6 Å². The van der Waals surface area contributed by atoms with Gasteiger partial charge in [0.1, 0.15) is 11.6 Å². The van der Waals surface area contributed by atoms with Gasteiger partial charge in [-0.25, -0.2) is 4.39 Å². The van der Waals surface area contributed by atoms with E-state index in [1.54, 1.807) is 18.4 Å². The first kappa shape index (κ1) is 14.1. The maximum atomic E-state index is 14.0. The molecule has 0 saturated heterocycles. The Bertz CT molecular complexity index is 530. The number of nitrogens with two attached hydrogens (primary N) is 1. The average Bonchev–Trinajstić information content (AvgIpc) is 2.88. The third kappa shape index (κ3) is 3.15. The molecule has 0 aliphatic rings. The summed E-state index contributed by atoms with van der Waals surface area (Å²) in [5, 5.41) is 0.113. The third-order valence-corrected chi connectivity index (χ3v) is 3.37. The Labute approximate surface area is 116 Å². The van der Waals surface area contributed by atoms with Gasteiger partial charge in [0.25, 0.3) is 0 Å². The Morgan fingerprint density at radius 1 is 1.37 bits per heavy atom. The summed E-state index contributed by atoms with van der Waals surface area (Å²) in [5.74, 6) is 0.397. The first-order valence-corrected chi connectivity index (χ1v) is 6.38. The Morgan fingerprint density at radius 2 is 2.16 bits per heavy atom. The standard InChI is InChI=1S/C14H16ClFN2O/c1-18(9-10-4-3-7-19-10)13(8-17)11-5-2-6-12(15)14(11)16/h2-7,13H,8-9,17H2,1H3. The van der Waals surface area contributed by atoms with Crippen LogP contribution in [0.5, 0.6) is 0 Å². The second-order valence-electron chi connectivity index (χ2n) is 4.39. The number of furan rings is 1. The molecule has 0 aliphatic carbocycles. The van der Waals surface area contributed by atoms with Crippen molar-refractivity contribution < 1.29 is 8.81 Å². The second-order valence-corrected chi connectivity index (χ2v) is 4.80. The molecule has 0 bridgehead atoms. The van der Waals surface area contributed by atoms with Crippen molar-refractivity contribution in [1.29, 1.82) is 0 Å². The molecule has 0 fully saturated rings. The second kappa shape index (κ2) is 6.19. The van der Waals surface area contributed by atoms with Crippen LogP contribution in [0.15, 0.2) is 41.0 Å². The maximum absolute atomic E-state index is 14.0. The molecule has 0 spiro atoms. The van der Waals surface area contributed by atoms with Crippen molar-refractivity contribution in [3.8, 4) is 0 Å². The molecule has 1 aromatic heterocycles. The van der Waals surface area contributed by atoms with Crippen molar-refractivity contribution in [3.63, 3.8) is 0 Å². The van der Waals surface area contributed by atoms with Gasteiger partial charge in [0.15, 0.2) is 0 Å². The van der Waals surface area contributed by atoms with Crippen LogP contribution in [0.4, 0.5) is 4.39 Å². The molecule has 2 aromatic rings. The molecule has 1 unspecified atom stereocenters. The van der Waals surface area contributed by atoms with Crippen molar-refractivity contribution in [2.24, 2.45) is 5.73 Å². The molecule has 0 radical (unpaired) electrons. The van der Waals surface area contributed by atoms with Crippen LogP contribution in [0.2, 0.25) is 5.02 Å². The SMILES string of the molecule is CN(Cc1ccco1)C(CN)c1cccc(Cl)c1F. The topological polar surface area (TPSA) is 42.4 Å². The summed E-state index contributed by atoms with van der Waals surface area (Å²) in [6.07, 6.45) is 1.61. The highest BCUT2D eigenvalue weighted by Crippen LogP contribution is 2.27. The molecule has 102 valence electrons. The minimum Gasteiger partial charge on any atom is -0.468 e. The van der Waals surface area contributed by atoms with Crippen molar-refractivity contribution in [3.05, 3.63) is 58.8 Å². The fourth-order valence-electron chi connectivity index (χ4n) is 2.08. The lowest BCUT2D eigenvalue weighted by Crippen LogP contribution is -2.30. The summed E-state index contributed by atoms with van der Waals surface area (Å²) in [5.41, 5.74) is 6.28. The average molecular weight is 283 g/mol. The van der Waals surface area contributed by atoms with Crippen LogP contribution in [-0.2, 0) is 6.54 Å². The smallest absolute Gasteiger partial charge is 0.146 e. The van der Waals surface area contributed by atoms with Gasteiger partial charge in [0.2, 0.25) is 0 Å². The summed E-state index contributed by atoms with van der Waals surface area (Å²) in [7, 11) is 1.88. The van der Waals surface area contributed by atoms with Gasteiger partial charge in [0.05, 0.1) is 23.9 Å². The first-order valence-electron chi connectivity index (χ1n) is 6.00. The highest BCUT2D eigenvalue weighted by molar-refractivity contribution is 6.30.